The number of methoxy groups -OCH3 is 2. The van der Waals surface area contributed by atoms with Crippen LogP contribution >= 0.6 is 7.82 Å². The number of phosphoric acid groups is 1. The monoisotopic (exact) mass is 1620 g/mol. The smallest absolute Gasteiger partial charge is 0.481 e. The number of phosphoric ester groups is 1. The van der Waals surface area contributed by atoms with E-state index in [1.807, 2.05) is 5.32 Å². The van der Waals surface area contributed by atoms with Crippen LogP contribution in [0.5, 0.6) is 5.75 Å². The molecule has 7 atom stereocenters. The van der Waals surface area contributed by atoms with E-state index >= 15 is 39.9 Å². The van der Waals surface area contributed by atoms with Crippen LogP contribution in [0.2, 0.25) is 0 Å². The zero-order chi connectivity index (χ0) is 83.6. The molecule has 0 saturated carbocycles. The Bertz CT molecular complexity index is 4320. The van der Waals surface area contributed by atoms with E-state index in [1.54, 1.807) is 12.4 Å². The third-order valence-electron chi connectivity index (χ3n) is 20.6. The van der Waals surface area contributed by atoms with Crippen molar-refractivity contribution in [2.45, 2.75) is 180 Å². The van der Waals surface area contributed by atoms with E-state index in [9.17, 15) is 62.1 Å². The number of halogens is 10. The maximum absolute atomic E-state index is 17.0. The minimum atomic E-state index is -5.56. The van der Waals surface area contributed by atoms with Gasteiger partial charge in [0.15, 0.2) is 5.78 Å². The van der Waals surface area contributed by atoms with E-state index in [-0.39, 0.29) is 45.6 Å². The van der Waals surface area contributed by atoms with Crippen molar-refractivity contribution in [3.63, 3.8) is 0 Å². The number of benzene rings is 3. The molecule has 38 heteroatoms. The topological polar surface area (TPSA) is 344 Å². The summed E-state index contributed by atoms with van der Waals surface area (Å²) in [6.45, 7) is 4.04. The number of aryl methyl sites for hydroxylation is 1. The van der Waals surface area contributed by atoms with Gasteiger partial charge < -0.3 is 48.8 Å². The number of alkyl halides is 8. The van der Waals surface area contributed by atoms with Crippen molar-refractivity contribution in [2.24, 2.45) is 22.7 Å². The number of carboxylic acids is 2. The second-order valence-electron chi connectivity index (χ2n) is 30.2. The molecule has 3 amide bonds. The lowest BCUT2D eigenvalue weighted by molar-refractivity contribution is -0.231. The standard InChI is InChI=1S/C75H91F10N10O17P/c1-42-24-49(30-61(97)91(39-63(100)101)22-11-12-62(98)99)65(59(25-42)112-113(105,106)107)71(3,4)32-43(2)111-60(38-93(90-67(103)54(31-64(102)108-9)72(5,6)74(80,81)82)37-53-55(76)27-47(28-56(53)77)57-21-23-94(89-57)68(78)79)48(29-58(96)66(88-70(104)109-10)73(7,8)75(83,84)85)26-45-16-13-44(14-17-45)15-18-46-33-86-69(87-34-46)92-35-50-19-20-51(36-92)95(50)52-40-110-41-52/h13-14,16-17,21,23-25,27-28,33-34,43,48,50-52,54,60,66,68H,11-12,19-20,22,26,29-32,35-41H2,1-10H3,(H,88,104)(H,90,103)(H,98,99)(H,100,101)(H2,105,106,107)/t43?,48-,50?,51?,54-,60+,66-/m1/s1. The number of carbonyl (C=O) groups is 7. The summed E-state index contributed by atoms with van der Waals surface area (Å²) in [6.07, 6.45) is -14.2. The Labute approximate surface area is 644 Å². The second kappa shape index (κ2) is 36.9. The summed E-state index contributed by atoms with van der Waals surface area (Å²) in [5.74, 6) is -9.15. The number of fused-ring (bicyclic) bond motifs is 2. The maximum atomic E-state index is 17.0. The molecule has 0 radical (unpaired) electrons. The highest BCUT2D eigenvalue weighted by molar-refractivity contribution is 7.46. The molecule has 27 nitrogen and oxygen atoms in total. The first kappa shape index (κ1) is 89.2. The number of carboxylic acid groups (broad SMARTS) is 2. The molecule has 2 aromatic heterocycles. The van der Waals surface area contributed by atoms with E-state index in [0.717, 1.165) is 57.3 Å². The number of anilines is 1. The Balaban J connectivity index is 1.28. The molecule has 0 aliphatic carbocycles. The molecule has 6 N–H and O–H groups in total. The van der Waals surface area contributed by atoms with Gasteiger partial charge >= 0.3 is 50.7 Å². The zero-order valence-corrected chi connectivity index (χ0v) is 64.4. The number of alkyl carbamates (subject to hydrolysis) is 1. The Morgan fingerprint density at radius 3 is 1.94 bits per heavy atom. The molecule has 3 unspecified atom stereocenters. The van der Waals surface area contributed by atoms with Crippen LogP contribution in [-0.4, -0.2) is 205 Å². The third-order valence-corrected chi connectivity index (χ3v) is 21.0. The van der Waals surface area contributed by atoms with E-state index in [1.165, 1.54) is 64.1 Å². The van der Waals surface area contributed by atoms with Crippen LogP contribution in [-0.2, 0) is 77.1 Å². The predicted octanol–water partition coefficient (Wildman–Crippen LogP) is 10.4. The summed E-state index contributed by atoms with van der Waals surface area (Å²) < 4.78 is 193. The number of aromatic nitrogens is 4. The molecule has 5 heterocycles. The predicted molar refractivity (Wildman–Crippen MR) is 384 cm³/mol. The van der Waals surface area contributed by atoms with Crippen LogP contribution in [0.15, 0.2) is 73.2 Å². The number of ketones is 1. The van der Waals surface area contributed by atoms with E-state index in [4.69, 9.17) is 18.7 Å². The molecular formula is C75H91F10N10O17P. The maximum Gasteiger partial charge on any atom is 0.524 e. The number of nitrogens with one attached hydrogen (secondary N) is 2. The number of carbonyl (C=O) groups excluding carboxylic acids is 5. The molecule has 8 rings (SSSR count). The second-order valence-corrected chi connectivity index (χ2v) is 31.4. The number of hydrogen-bond donors (Lipinski definition) is 6. The number of esters is 1. The summed E-state index contributed by atoms with van der Waals surface area (Å²) in [5.41, 5.74) is -6.43. The fourth-order valence-electron chi connectivity index (χ4n) is 14.5. The first-order valence-corrected chi connectivity index (χ1v) is 37.5. The Kier molecular flexibility index (Phi) is 29.1. The number of ether oxygens (including phenoxy) is 4. The molecule has 0 spiro atoms. The summed E-state index contributed by atoms with van der Waals surface area (Å²) in [5, 5.41) is 25.5. The van der Waals surface area contributed by atoms with Crippen LogP contribution in [0.1, 0.15) is 139 Å². The molecule has 3 saturated heterocycles. The molecule has 113 heavy (non-hydrogen) atoms. The van der Waals surface area contributed by atoms with E-state index < -0.39 is 201 Å². The molecule has 3 aliphatic heterocycles. The van der Waals surface area contributed by atoms with Gasteiger partial charge in [-0.3, -0.25) is 48.9 Å². The Morgan fingerprint density at radius 1 is 0.796 bits per heavy atom. The van der Waals surface area contributed by atoms with Gasteiger partial charge in [0.1, 0.15) is 30.0 Å². The normalized spacial score (nSPS) is 17.1. The minimum absolute atomic E-state index is 0.0405. The lowest BCUT2D eigenvalue weighted by Gasteiger charge is -2.47. The fraction of sp³-hybridized carbons (Fsp3) is 0.547. The summed E-state index contributed by atoms with van der Waals surface area (Å²) in [4.78, 5) is 130. The number of Topliss-reactive ketones (excluding diaryl/α,β-unsaturated/α-hetero) is 1. The van der Waals surface area contributed by atoms with E-state index in [2.05, 4.69) is 46.9 Å². The summed E-state index contributed by atoms with van der Waals surface area (Å²) in [7, 11) is -3.95. The summed E-state index contributed by atoms with van der Waals surface area (Å²) in [6, 6.07) is 9.41. The minimum Gasteiger partial charge on any atom is -0.481 e. The number of hydrazine groups is 1. The van der Waals surface area contributed by atoms with E-state index in [0.29, 0.717) is 93.3 Å². The van der Waals surface area contributed by atoms with Crippen molar-refractivity contribution in [3.05, 3.63) is 124 Å². The zero-order valence-electron chi connectivity index (χ0n) is 63.5. The van der Waals surface area contributed by atoms with Gasteiger partial charge in [-0.25, -0.2) is 37.8 Å². The average Bonchev–Trinajstić information content (AvgIpc) is 1.78. The molecule has 3 aromatic carbocycles. The van der Waals surface area contributed by atoms with Crippen LogP contribution in [0.3, 0.4) is 0 Å². The number of nitrogens with zero attached hydrogens (tertiary/aromatic N) is 8. The molecular weight excluding hydrogens is 1530 g/mol. The number of piperazine rings is 1. The Hall–Kier alpha value is -9.31. The van der Waals surface area contributed by atoms with Crippen molar-refractivity contribution in [1.82, 2.24) is 45.3 Å². The van der Waals surface area contributed by atoms with Crippen molar-refractivity contribution in [2.75, 3.05) is 65.1 Å². The first-order chi connectivity index (χ1) is 52.7. The highest BCUT2D eigenvalue weighted by Crippen LogP contribution is 2.49. The van der Waals surface area contributed by atoms with Crippen molar-refractivity contribution >= 4 is 55.4 Å². The fourth-order valence-corrected chi connectivity index (χ4v) is 14.9. The molecule has 3 fully saturated rings. The number of aliphatic carboxylic acids is 2. The van der Waals surface area contributed by atoms with Crippen molar-refractivity contribution in [3.8, 4) is 28.8 Å². The van der Waals surface area contributed by atoms with Gasteiger partial charge in [-0.15, -0.1) is 0 Å². The molecule has 5 aromatic rings. The van der Waals surface area contributed by atoms with Gasteiger partial charge in [-0.1, -0.05) is 57.7 Å². The average molecular weight is 1630 g/mol. The van der Waals surface area contributed by atoms with Crippen LogP contribution < -0.4 is 20.2 Å². The van der Waals surface area contributed by atoms with Gasteiger partial charge in [-0.05, 0) is 124 Å². The molecule has 2 bridgehead atoms. The number of hydrogen-bond acceptors (Lipinski definition) is 19. The Morgan fingerprint density at radius 2 is 1.41 bits per heavy atom. The SMILES string of the molecule is COC(=O)C[C@H](C(=O)NN(Cc1c(F)cc(-c2ccn(C(F)F)n2)cc1F)C[C@H](OC(C)CC(C)(C)c1c(CC(=O)N(CCCC(=O)O)CC(=O)O)cc(C)cc1OP(=O)(O)O)[C@@H](CC(=O)[C@@H](NC(=O)OC)C(C)(C)C(F)(F)F)Cc1ccc(C#Cc2cnc(N3CC4CCC(C3)N4C3COC3)nc2)cc1)C(C)(C)C(F)(F)F. The van der Waals surface area contributed by atoms with Crippen LogP contribution in [0.4, 0.5) is 54.6 Å². The van der Waals surface area contributed by atoms with Gasteiger partial charge in [0.2, 0.25) is 17.8 Å². The highest BCUT2D eigenvalue weighted by atomic mass is 31.2. The van der Waals surface area contributed by atoms with Gasteiger partial charge in [0.25, 0.3) is 0 Å². The third kappa shape index (κ3) is 23.2. The number of amides is 3. The van der Waals surface area contributed by atoms with Gasteiger partial charge in [0.05, 0.1) is 86.5 Å². The van der Waals surface area contributed by atoms with Gasteiger partial charge in [0, 0.05) is 98.5 Å². The highest BCUT2D eigenvalue weighted by Gasteiger charge is 2.57. The lowest BCUT2D eigenvalue weighted by Crippen LogP contribution is -2.62. The van der Waals surface area contributed by atoms with Crippen LogP contribution in [0.25, 0.3) is 11.3 Å². The van der Waals surface area contributed by atoms with Crippen LogP contribution in [0, 0.1) is 53.1 Å². The molecule has 3 aliphatic rings. The molecule has 618 valence electrons. The quantitative estimate of drug-likeness (QED) is 0.00713. The largest absolute Gasteiger partial charge is 0.524 e. The number of rotatable bonds is 36. The lowest BCUT2D eigenvalue weighted by atomic mass is 9.75. The first-order valence-electron chi connectivity index (χ1n) is 35.9. The van der Waals surface area contributed by atoms with Crippen molar-refractivity contribution < 1.29 is 126 Å². The van der Waals surface area contributed by atoms with Crippen molar-refractivity contribution in [1.29, 1.82) is 0 Å². The summed E-state index contributed by atoms with van der Waals surface area (Å²) >= 11 is 0. The van der Waals surface area contributed by atoms with Gasteiger partial charge in [-0.2, -0.15) is 40.2 Å².